The van der Waals surface area contributed by atoms with Gasteiger partial charge in [0.2, 0.25) is 0 Å². The molecule has 21 heavy (non-hydrogen) atoms. The van der Waals surface area contributed by atoms with E-state index in [1.807, 2.05) is 0 Å². The lowest BCUT2D eigenvalue weighted by molar-refractivity contribution is -0.0827. The van der Waals surface area contributed by atoms with Gasteiger partial charge in [-0.05, 0) is 93.3 Å². The van der Waals surface area contributed by atoms with Crippen LogP contribution in [0.25, 0.3) is 0 Å². The molecular weight excluding hydrogens is 260 g/mol. The highest BCUT2D eigenvalue weighted by Gasteiger charge is 2.48. The Labute approximate surface area is 131 Å². The number of rotatable bonds is 3. The number of likely N-dealkylation sites (tertiary alicyclic amines) is 1. The van der Waals surface area contributed by atoms with Gasteiger partial charge in [0.15, 0.2) is 0 Å². The summed E-state index contributed by atoms with van der Waals surface area (Å²) in [5, 5.41) is 3.66. The molecule has 2 aliphatic heterocycles. The van der Waals surface area contributed by atoms with Crippen molar-refractivity contribution in [1.29, 1.82) is 0 Å². The molecule has 0 aromatic rings. The highest BCUT2D eigenvalue weighted by atomic mass is 16.5. The van der Waals surface area contributed by atoms with Gasteiger partial charge in [-0.15, -0.1) is 0 Å². The lowest BCUT2D eigenvalue weighted by atomic mass is 9.88. The highest BCUT2D eigenvalue weighted by molar-refractivity contribution is 5.00. The minimum atomic E-state index is -0.0139. The predicted molar refractivity (Wildman–Crippen MR) is 89.7 cm³/mol. The molecule has 124 valence electrons. The number of ether oxygens (including phenoxy) is 1. The fourth-order valence-electron chi connectivity index (χ4n) is 4.02. The molecule has 1 unspecified atom stereocenters. The van der Waals surface area contributed by atoms with Crippen molar-refractivity contribution in [3.63, 3.8) is 0 Å². The van der Waals surface area contributed by atoms with Crippen molar-refractivity contribution >= 4 is 0 Å². The first-order chi connectivity index (χ1) is 9.49. The SMILES string of the molecule is CC(C)(C)NCC1CCN(C2CC(C)(C)OC2(C)C)CC1. The molecule has 0 saturated carbocycles. The summed E-state index contributed by atoms with van der Waals surface area (Å²) >= 11 is 0. The zero-order valence-electron chi connectivity index (χ0n) is 15.3. The topological polar surface area (TPSA) is 24.5 Å². The maximum atomic E-state index is 6.27. The van der Waals surface area contributed by atoms with Crippen LogP contribution in [0.5, 0.6) is 0 Å². The second-order valence-electron chi connectivity index (χ2n) is 9.30. The van der Waals surface area contributed by atoms with Gasteiger partial charge in [0.1, 0.15) is 0 Å². The summed E-state index contributed by atoms with van der Waals surface area (Å²) in [6.07, 6.45) is 3.79. The van der Waals surface area contributed by atoms with Crippen molar-refractivity contribution in [1.82, 2.24) is 10.2 Å². The van der Waals surface area contributed by atoms with Gasteiger partial charge in [-0.25, -0.2) is 0 Å². The minimum absolute atomic E-state index is 0.0139. The van der Waals surface area contributed by atoms with Crippen molar-refractivity contribution in [3.05, 3.63) is 0 Å². The monoisotopic (exact) mass is 296 g/mol. The molecule has 2 fully saturated rings. The third kappa shape index (κ3) is 4.67. The third-order valence-corrected chi connectivity index (χ3v) is 5.04. The summed E-state index contributed by atoms with van der Waals surface area (Å²) in [6, 6.07) is 0.573. The molecule has 0 bridgehead atoms. The zero-order chi connectivity index (χ0) is 15.9. The molecule has 2 heterocycles. The Morgan fingerprint density at radius 2 is 1.67 bits per heavy atom. The van der Waals surface area contributed by atoms with E-state index in [0.717, 1.165) is 18.9 Å². The van der Waals surface area contributed by atoms with Crippen LogP contribution in [0, 0.1) is 5.92 Å². The average molecular weight is 296 g/mol. The van der Waals surface area contributed by atoms with Crippen LogP contribution in [-0.2, 0) is 4.74 Å². The Morgan fingerprint density at radius 3 is 2.10 bits per heavy atom. The molecule has 0 spiro atoms. The van der Waals surface area contributed by atoms with Crippen molar-refractivity contribution in [2.45, 2.75) is 90.5 Å². The first-order valence-electron chi connectivity index (χ1n) is 8.68. The van der Waals surface area contributed by atoms with Crippen LogP contribution in [0.4, 0.5) is 0 Å². The first kappa shape index (κ1) is 17.2. The molecule has 2 aliphatic rings. The quantitative estimate of drug-likeness (QED) is 0.863. The van der Waals surface area contributed by atoms with E-state index < -0.39 is 0 Å². The molecule has 0 aromatic heterocycles. The van der Waals surface area contributed by atoms with E-state index in [0.29, 0.717) is 6.04 Å². The predicted octanol–water partition coefficient (Wildman–Crippen LogP) is 3.43. The summed E-state index contributed by atoms with van der Waals surface area (Å²) in [7, 11) is 0. The molecule has 3 nitrogen and oxygen atoms in total. The molecule has 0 amide bonds. The van der Waals surface area contributed by atoms with E-state index in [-0.39, 0.29) is 16.7 Å². The van der Waals surface area contributed by atoms with Crippen LogP contribution < -0.4 is 5.32 Å². The fourth-order valence-corrected chi connectivity index (χ4v) is 4.02. The van der Waals surface area contributed by atoms with E-state index in [4.69, 9.17) is 4.74 Å². The van der Waals surface area contributed by atoms with Crippen LogP contribution in [0.2, 0.25) is 0 Å². The van der Waals surface area contributed by atoms with Crippen LogP contribution in [0.15, 0.2) is 0 Å². The van der Waals surface area contributed by atoms with E-state index >= 15 is 0 Å². The number of hydrogen-bond acceptors (Lipinski definition) is 3. The van der Waals surface area contributed by atoms with Gasteiger partial charge < -0.3 is 10.1 Å². The van der Waals surface area contributed by atoms with Gasteiger partial charge >= 0.3 is 0 Å². The molecule has 1 N–H and O–H groups in total. The molecule has 3 heteroatoms. The first-order valence-corrected chi connectivity index (χ1v) is 8.68. The summed E-state index contributed by atoms with van der Waals surface area (Å²) in [5.41, 5.74) is 0.251. The molecular formula is C18H36N2O. The number of nitrogens with one attached hydrogen (secondary N) is 1. The highest BCUT2D eigenvalue weighted by Crippen LogP contribution is 2.41. The van der Waals surface area contributed by atoms with E-state index in [9.17, 15) is 0 Å². The summed E-state index contributed by atoms with van der Waals surface area (Å²) in [6.45, 7) is 19.4. The third-order valence-electron chi connectivity index (χ3n) is 5.04. The van der Waals surface area contributed by atoms with E-state index in [1.165, 1.54) is 25.9 Å². The summed E-state index contributed by atoms with van der Waals surface area (Å²) in [5.74, 6) is 0.832. The van der Waals surface area contributed by atoms with Gasteiger partial charge in [0.25, 0.3) is 0 Å². The smallest absolute Gasteiger partial charge is 0.0789 e. The van der Waals surface area contributed by atoms with E-state index in [2.05, 4.69) is 58.7 Å². The lowest BCUT2D eigenvalue weighted by Crippen LogP contribution is -2.51. The number of nitrogens with zero attached hydrogens (tertiary/aromatic N) is 1. The van der Waals surface area contributed by atoms with Gasteiger partial charge in [0.05, 0.1) is 11.2 Å². The largest absolute Gasteiger partial charge is 0.368 e. The second kappa shape index (κ2) is 5.82. The standard InChI is InChI=1S/C18H36N2O/c1-16(2,3)19-13-14-8-10-20(11-9-14)15-12-17(4,5)21-18(15,6)7/h14-15,19H,8-13H2,1-7H3. The lowest BCUT2D eigenvalue weighted by Gasteiger charge is -2.41. The van der Waals surface area contributed by atoms with Gasteiger partial charge in [-0.2, -0.15) is 0 Å². The van der Waals surface area contributed by atoms with Gasteiger partial charge in [-0.1, -0.05) is 0 Å². The molecule has 0 aliphatic carbocycles. The molecule has 0 aromatic carbocycles. The number of piperidine rings is 1. The molecule has 2 saturated heterocycles. The van der Waals surface area contributed by atoms with Crippen molar-refractivity contribution in [3.8, 4) is 0 Å². The zero-order valence-corrected chi connectivity index (χ0v) is 15.3. The van der Waals surface area contributed by atoms with Crippen molar-refractivity contribution < 1.29 is 4.74 Å². The Hall–Kier alpha value is -0.120. The van der Waals surface area contributed by atoms with Crippen molar-refractivity contribution in [2.75, 3.05) is 19.6 Å². The number of hydrogen-bond donors (Lipinski definition) is 1. The van der Waals surface area contributed by atoms with Crippen LogP contribution in [-0.4, -0.2) is 47.3 Å². The van der Waals surface area contributed by atoms with Gasteiger partial charge in [-0.3, -0.25) is 4.90 Å². The molecule has 1 atom stereocenters. The van der Waals surface area contributed by atoms with Crippen LogP contribution >= 0.6 is 0 Å². The second-order valence-corrected chi connectivity index (χ2v) is 9.30. The molecule has 0 radical (unpaired) electrons. The van der Waals surface area contributed by atoms with Gasteiger partial charge in [0, 0.05) is 11.6 Å². The average Bonchev–Trinajstić information content (AvgIpc) is 2.54. The fraction of sp³-hybridized carbons (Fsp3) is 1.00. The Kier molecular flexibility index (Phi) is 4.78. The summed E-state index contributed by atoms with van der Waals surface area (Å²) < 4.78 is 6.27. The maximum absolute atomic E-state index is 6.27. The van der Waals surface area contributed by atoms with Crippen LogP contribution in [0.3, 0.4) is 0 Å². The normalized spacial score (nSPS) is 30.7. The van der Waals surface area contributed by atoms with Crippen molar-refractivity contribution in [2.24, 2.45) is 5.92 Å². The Bertz CT molecular complexity index is 349. The molecule has 2 rings (SSSR count). The van der Waals surface area contributed by atoms with Crippen LogP contribution in [0.1, 0.15) is 67.7 Å². The summed E-state index contributed by atoms with van der Waals surface area (Å²) in [4.78, 5) is 2.68. The van der Waals surface area contributed by atoms with E-state index in [1.54, 1.807) is 0 Å². The minimum Gasteiger partial charge on any atom is -0.368 e. The maximum Gasteiger partial charge on any atom is 0.0789 e. The Morgan fingerprint density at radius 1 is 1.10 bits per heavy atom. The Balaban J connectivity index is 1.84.